The molecule has 1 aromatic carbocycles. The predicted molar refractivity (Wildman–Crippen MR) is 107 cm³/mol. The highest BCUT2D eigenvalue weighted by atomic mass is 16.3. The molecule has 1 atom stereocenters. The van der Waals surface area contributed by atoms with E-state index in [0.29, 0.717) is 23.0 Å². The van der Waals surface area contributed by atoms with Gasteiger partial charge in [0.15, 0.2) is 0 Å². The molecule has 3 N–H and O–H groups in total. The van der Waals surface area contributed by atoms with E-state index in [-0.39, 0.29) is 18.6 Å². The zero-order valence-electron chi connectivity index (χ0n) is 16.4. The van der Waals surface area contributed by atoms with E-state index >= 15 is 0 Å². The van der Waals surface area contributed by atoms with E-state index in [1.165, 1.54) is 4.68 Å². The van der Waals surface area contributed by atoms with Crippen molar-refractivity contribution in [2.24, 2.45) is 7.05 Å². The summed E-state index contributed by atoms with van der Waals surface area (Å²) in [6, 6.07) is 9.22. The van der Waals surface area contributed by atoms with Crippen LogP contribution in [0.3, 0.4) is 0 Å². The molecule has 0 radical (unpaired) electrons. The summed E-state index contributed by atoms with van der Waals surface area (Å²) in [6.45, 7) is 5.67. The summed E-state index contributed by atoms with van der Waals surface area (Å²) >= 11 is 0. The van der Waals surface area contributed by atoms with Gasteiger partial charge in [-0.25, -0.2) is 9.97 Å². The highest BCUT2D eigenvalue weighted by molar-refractivity contribution is 5.93. The van der Waals surface area contributed by atoms with E-state index in [4.69, 9.17) is 5.11 Å². The monoisotopic (exact) mass is 380 g/mol. The number of benzene rings is 1. The molecule has 3 aromatic rings. The van der Waals surface area contributed by atoms with Crippen molar-refractivity contribution < 1.29 is 9.90 Å². The van der Waals surface area contributed by atoms with Crippen LogP contribution in [0.5, 0.6) is 0 Å². The van der Waals surface area contributed by atoms with Crippen molar-refractivity contribution in [1.29, 1.82) is 0 Å². The summed E-state index contributed by atoms with van der Waals surface area (Å²) in [6.07, 6.45) is 1.65. The van der Waals surface area contributed by atoms with E-state index < -0.39 is 0 Å². The lowest BCUT2D eigenvalue weighted by Crippen LogP contribution is -2.36. The number of aliphatic hydroxyl groups excluding tert-OH is 1. The summed E-state index contributed by atoms with van der Waals surface area (Å²) in [4.78, 5) is 21.1. The fraction of sp³-hybridized carbons (Fsp3) is 0.300. The maximum atomic E-state index is 12.3. The third kappa shape index (κ3) is 4.52. The first-order valence-corrected chi connectivity index (χ1v) is 9.00. The molecule has 8 nitrogen and oxygen atoms in total. The number of aryl methyl sites for hydroxylation is 3. The van der Waals surface area contributed by atoms with Gasteiger partial charge in [-0.15, -0.1) is 0 Å². The van der Waals surface area contributed by atoms with Crippen LogP contribution in [-0.2, 0) is 7.05 Å². The van der Waals surface area contributed by atoms with Crippen LogP contribution >= 0.6 is 0 Å². The molecule has 0 aliphatic heterocycles. The summed E-state index contributed by atoms with van der Waals surface area (Å²) < 4.78 is 1.49. The largest absolute Gasteiger partial charge is 0.394 e. The molecule has 0 saturated heterocycles. The lowest BCUT2D eigenvalue weighted by molar-refractivity contribution is 0.0913. The zero-order chi connectivity index (χ0) is 20.3. The smallest absolute Gasteiger partial charge is 0.269 e. The number of hydrogen-bond acceptors (Lipinski definition) is 6. The van der Waals surface area contributed by atoms with Crippen LogP contribution in [0.15, 0.2) is 36.5 Å². The van der Waals surface area contributed by atoms with Gasteiger partial charge in [-0.2, -0.15) is 5.10 Å². The predicted octanol–water partition coefficient (Wildman–Crippen LogP) is 2.35. The Balaban J connectivity index is 1.84. The number of amides is 1. The number of carbonyl (C=O) groups is 1. The molecule has 2 aromatic heterocycles. The quantitative estimate of drug-likeness (QED) is 0.606. The van der Waals surface area contributed by atoms with Crippen molar-refractivity contribution in [3.8, 4) is 11.4 Å². The molecule has 0 bridgehead atoms. The van der Waals surface area contributed by atoms with E-state index in [1.807, 2.05) is 26.0 Å². The Morgan fingerprint density at radius 3 is 2.57 bits per heavy atom. The van der Waals surface area contributed by atoms with Crippen LogP contribution in [-0.4, -0.2) is 43.4 Å². The molecule has 28 heavy (non-hydrogen) atoms. The molecule has 0 aliphatic rings. The second-order valence-corrected chi connectivity index (χ2v) is 6.86. The SMILES string of the molecule is Cc1cc(C)cc(Nc2nccc(-c3cc(C(=O)N[C@@H](C)CO)n(C)n3)n2)c1. The van der Waals surface area contributed by atoms with Crippen molar-refractivity contribution in [3.05, 3.63) is 53.3 Å². The van der Waals surface area contributed by atoms with Gasteiger partial charge in [-0.1, -0.05) is 6.07 Å². The topological polar surface area (TPSA) is 105 Å². The number of carbonyl (C=O) groups excluding carboxylic acids is 1. The van der Waals surface area contributed by atoms with Crippen LogP contribution in [0.25, 0.3) is 11.4 Å². The van der Waals surface area contributed by atoms with Crippen LogP contribution in [0.4, 0.5) is 11.6 Å². The standard InChI is InChI=1S/C20H24N6O2/c1-12-7-13(2)9-15(8-12)23-20-21-6-5-16(24-20)17-10-18(26(4)25-17)19(28)22-14(3)11-27/h5-10,14,27H,11H2,1-4H3,(H,22,28)(H,21,23,24)/t14-/m0/s1. The number of aliphatic hydroxyl groups is 1. The van der Waals surface area contributed by atoms with E-state index in [0.717, 1.165) is 16.8 Å². The second-order valence-electron chi connectivity index (χ2n) is 6.86. The summed E-state index contributed by atoms with van der Waals surface area (Å²) in [5.74, 6) is 0.151. The Kier molecular flexibility index (Phi) is 5.70. The number of nitrogens with zero attached hydrogens (tertiary/aromatic N) is 4. The maximum absolute atomic E-state index is 12.3. The Morgan fingerprint density at radius 2 is 1.89 bits per heavy atom. The fourth-order valence-electron chi connectivity index (χ4n) is 2.89. The van der Waals surface area contributed by atoms with E-state index in [1.54, 1.807) is 32.3 Å². The Morgan fingerprint density at radius 1 is 1.18 bits per heavy atom. The lowest BCUT2D eigenvalue weighted by atomic mass is 10.1. The van der Waals surface area contributed by atoms with Crippen LogP contribution in [0, 0.1) is 13.8 Å². The lowest BCUT2D eigenvalue weighted by Gasteiger charge is -2.10. The second kappa shape index (κ2) is 8.18. The molecule has 0 aliphatic carbocycles. The van der Waals surface area contributed by atoms with Gasteiger partial charge in [0, 0.05) is 25.0 Å². The van der Waals surface area contributed by atoms with Crippen LogP contribution < -0.4 is 10.6 Å². The molecule has 0 fully saturated rings. The Hall–Kier alpha value is -3.26. The Bertz CT molecular complexity index is 978. The van der Waals surface area contributed by atoms with E-state index in [2.05, 4.69) is 31.8 Å². The highest BCUT2D eigenvalue weighted by Gasteiger charge is 2.17. The van der Waals surface area contributed by atoms with Gasteiger partial charge in [-0.3, -0.25) is 9.48 Å². The van der Waals surface area contributed by atoms with E-state index in [9.17, 15) is 4.79 Å². The summed E-state index contributed by atoms with van der Waals surface area (Å²) in [5, 5.41) is 19.4. The summed E-state index contributed by atoms with van der Waals surface area (Å²) in [5.41, 5.74) is 4.76. The normalized spacial score (nSPS) is 11.9. The minimum Gasteiger partial charge on any atom is -0.394 e. The van der Waals surface area contributed by atoms with Crippen molar-refractivity contribution in [2.75, 3.05) is 11.9 Å². The first kappa shape index (κ1) is 19.5. The minimum absolute atomic E-state index is 0.129. The highest BCUT2D eigenvalue weighted by Crippen LogP contribution is 2.21. The number of rotatable bonds is 6. The molecule has 146 valence electrons. The van der Waals surface area contributed by atoms with Gasteiger partial charge >= 0.3 is 0 Å². The first-order chi connectivity index (χ1) is 13.4. The van der Waals surface area contributed by atoms with Crippen molar-refractivity contribution >= 4 is 17.5 Å². The average Bonchev–Trinajstić information content (AvgIpc) is 3.03. The fourth-order valence-corrected chi connectivity index (χ4v) is 2.89. The molecule has 0 saturated carbocycles. The van der Waals surface area contributed by atoms with Crippen LogP contribution in [0.1, 0.15) is 28.5 Å². The molecule has 2 heterocycles. The van der Waals surface area contributed by atoms with Crippen LogP contribution in [0.2, 0.25) is 0 Å². The van der Waals surface area contributed by atoms with Gasteiger partial charge in [0.25, 0.3) is 5.91 Å². The summed E-state index contributed by atoms with van der Waals surface area (Å²) in [7, 11) is 1.69. The van der Waals surface area contributed by atoms with Gasteiger partial charge in [0.2, 0.25) is 5.95 Å². The van der Waals surface area contributed by atoms with Gasteiger partial charge in [0.1, 0.15) is 11.4 Å². The Labute approximate surface area is 163 Å². The third-order valence-electron chi connectivity index (χ3n) is 4.16. The molecule has 0 unspecified atom stereocenters. The number of nitrogens with one attached hydrogen (secondary N) is 2. The molecular weight excluding hydrogens is 356 g/mol. The third-order valence-corrected chi connectivity index (χ3v) is 4.16. The van der Waals surface area contributed by atoms with Crippen molar-refractivity contribution in [2.45, 2.75) is 26.8 Å². The molecule has 0 spiro atoms. The number of aromatic nitrogens is 4. The maximum Gasteiger partial charge on any atom is 0.269 e. The molecule has 1 amide bonds. The molecule has 8 heteroatoms. The first-order valence-electron chi connectivity index (χ1n) is 9.00. The number of hydrogen-bond donors (Lipinski definition) is 3. The molecular formula is C20H24N6O2. The number of anilines is 2. The molecule has 3 rings (SSSR count). The van der Waals surface area contributed by atoms with Gasteiger partial charge < -0.3 is 15.7 Å². The van der Waals surface area contributed by atoms with Gasteiger partial charge in [-0.05, 0) is 56.2 Å². The van der Waals surface area contributed by atoms with Crippen molar-refractivity contribution in [3.63, 3.8) is 0 Å². The van der Waals surface area contributed by atoms with Gasteiger partial charge in [0.05, 0.1) is 12.3 Å². The minimum atomic E-state index is -0.335. The average molecular weight is 380 g/mol. The van der Waals surface area contributed by atoms with Crippen molar-refractivity contribution in [1.82, 2.24) is 25.1 Å². The zero-order valence-corrected chi connectivity index (χ0v) is 16.4.